The van der Waals surface area contributed by atoms with E-state index >= 15 is 0 Å². The maximum Gasteiger partial charge on any atom is 0.433 e. The lowest BCUT2D eigenvalue weighted by molar-refractivity contribution is -0.141. The Kier molecular flexibility index (Phi) is 7.36. The number of morpholine rings is 1. The predicted molar refractivity (Wildman–Crippen MR) is 136 cm³/mol. The topological polar surface area (TPSA) is 76.1 Å². The molecule has 0 aliphatic carbocycles. The van der Waals surface area contributed by atoms with Crippen LogP contribution >= 0.6 is 0 Å². The quantitative estimate of drug-likeness (QED) is 0.279. The monoisotopic (exact) mass is 562 g/mol. The molecule has 2 atom stereocenters. The van der Waals surface area contributed by atoms with Crippen molar-refractivity contribution in [3.63, 3.8) is 0 Å². The summed E-state index contributed by atoms with van der Waals surface area (Å²) in [5.41, 5.74) is -1.36. The fourth-order valence-electron chi connectivity index (χ4n) is 4.74. The number of hydrogen-bond acceptors (Lipinski definition) is 7. The highest BCUT2D eigenvalue weighted by molar-refractivity contribution is 5.93. The van der Waals surface area contributed by atoms with Gasteiger partial charge in [-0.25, -0.2) is 15.0 Å². The van der Waals surface area contributed by atoms with Gasteiger partial charge in [0.1, 0.15) is 17.3 Å². The molecule has 1 aliphatic heterocycles. The Balaban J connectivity index is 1.57. The van der Waals surface area contributed by atoms with Crippen molar-refractivity contribution in [2.24, 2.45) is 0 Å². The van der Waals surface area contributed by atoms with E-state index in [0.29, 0.717) is 36.4 Å². The van der Waals surface area contributed by atoms with E-state index in [-0.39, 0.29) is 35.0 Å². The van der Waals surface area contributed by atoms with Gasteiger partial charge in [0.25, 0.3) is 0 Å². The molecule has 1 fully saturated rings. The summed E-state index contributed by atoms with van der Waals surface area (Å²) in [4.78, 5) is 18.8. The highest BCUT2D eigenvalue weighted by Crippen LogP contribution is 2.37. The Labute approximate surface area is 225 Å². The summed E-state index contributed by atoms with van der Waals surface area (Å²) in [7, 11) is 0. The molecule has 1 aromatic carbocycles. The summed E-state index contributed by atoms with van der Waals surface area (Å²) in [5.74, 6) is 0.657. The zero-order valence-electron chi connectivity index (χ0n) is 21.4. The van der Waals surface area contributed by atoms with Crippen LogP contribution in [0.4, 0.5) is 37.8 Å². The van der Waals surface area contributed by atoms with E-state index in [9.17, 15) is 26.3 Å². The maximum atomic E-state index is 13.7. The number of pyridine rings is 2. The SMILES string of the molecule is C[C@H]1CN(Cc2nc(Nc3ccc(C(F)(F)F)nc3)c3ccc(-c4ncccc4C(F)(F)F)cc3n2)C[C@H](C)O1. The molecule has 0 spiro atoms. The van der Waals surface area contributed by atoms with E-state index in [1.54, 1.807) is 6.07 Å². The largest absolute Gasteiger partial charge is 0.433 e. The van der Waals surface area contributed by atoms with Gasteiger partial charge in [0.15, 0.2) is 0 Å². The molecule has 0 bridgehead atoms. The molecule has 5 rings (SSSR count). The van der Waals surface area contributed by atoms with Crippen LogP contribution in [0.1, 0.15) is 30.9 Å². The second-order valence-corrected chi connectivity index (χ2v) is 9.62. The number of halogens is 6. The Morgan fingerprint density at radius 3 is 2.33 bits per heavy atom. The molecule has 1 saturated heterocycles. The molecule has 1 aliphatic rings. The van der Waals surface area contributed by atoms with E-state index in [2.05, 4.69) is 30.2 Å². The van der Waals surface area contributed by atoms with E-state index in [4.69, 9.17) is 4.74 Å². The second kappa shape index (κ2) is 10.6. The average Bonchev–Trinajstić information content (AvgIpc) is 2.87. The molecule has 210 valence electrons. The summed E-state index contributed by atoms with van der Waals surface area (Å²) in [5, 5.41) is 3.45. The average molecular weight is 563 g/mol. The summed E-state index contributed by atoms with van der Waals surface area (Å²) in [6.45, 7) is 5.48. The Hall–Kier alpha value is -3.84. The van der Waals surface area contributed by atoms with Crippen LogP contribution in [0.5, 0.6) is 0 Å². The van der Waals surface area contributed by atoms with E-state index in [1.807, 2.05) is 13.8 Å². The molecular weight excluding hydrogens is 538 g/mol. The third-order valence-corrected chi connectivity index (χ3v) is 6.31. The molecule has 0 unspecified atom stereocenters. The van der Waals surface area contributed by atoms with Crippen molar-refractivity contribution < 1.29 is 31.1 Å². The highest BCUT2D eigenvalue weighted by atomic mass is 19.4. The van der Waals surface area contributed by atoms with Crippen molar-refractivity contribution in [3.05, 3.63) is 71.9 Å². The minimum absolute atomic E-state index is 0.0171. The first-order valence-electron chi connectivity index (χ1n) is 12.4. The van der Waals surface area contributed by atoms with Crippen molar-refractivity contribution in [2.75, 3.05) is 18.4 Å². The molecule has 4 aromatic rings. The lowest BCUT2D eigenvalue weighted by Gasteiger charge is -2.34. The van der Waals surface area contributed by atoms with Gasteiger partial charge in [0.2, 0.25) is 0 Å². The number of fused-ring (bicyclic) bond motifs is 1. The number of ether oxygens (including phenoxy) is 1. The minimum Gasteiger partial charge on any atom is -0.373 e. The zero-order valence-corrected chi connectivity index (χ0v) is 21.4. The predicted octanol–water partition coefficient (Wildman–Crippen LogP) is 6.48. The van der Waals surface area contributed by atoms with Gasteiger partial charge < -0.3 is 10.1 Å². The summed E-state index contributed by atoms with van der Waals surface area (Å²) in [6.07, 6.45) is -6.91. The van der Waals surface area contributed by atoms with Crippen LogP contribution in [-0.2, 0) is 23.6 Å². The first kappa shape index (κ1) is 27.7. The lowest BCUT2D eigenvalue weighted by Crippen LogP contribution is -2.45. The van der Waals surface area contributed by atoms with Gasteiger partial charge in [-0.3, -0.25) is 9.88 Å². The number of anilines is 2. The van der Waals surface area contributed by atoms with Crippen molar-refractivity contribution in [1.29, 1.82) is 0 Å². The standard InChI is InChI=1S/C27H24F6N6O/c1-15-12-39(13-16(2)40-15)14-23-37-21-10-17(24-20(26(28,29)30)4-3-9-34-24)5-7-19(21)25(38-23)36-18-6-8-22(35-11-18)27(31,32)33/h3-11,15-16H,12-14H2,1-2H3,(H,36,37,38)/t15-,16-/m0/s1. The van der Waals surface area contributed by atoms with Gasteiger partial charge in [-0.05, 0) is 50.2 Å². The van der Waals surface area contributed by atoms with Crippen LogP contribution in [0.2, 0.25) is 0 Å². The van der Waals surface area contributed by atoms with E-state index in [0.717, 1.165) is 18.3 Å². The molecule has 13 heteroatoms. The van der Waals surface area contributed by atoms with Crippen molar-refractivity contribution in [2.45, 2.75) is 45.0 Å². The molecule has 1 N–H and O–H groups in total. The van der Waals surface area contributed by atoms with Crippen LogP contribution in [0.25, 0.3) is 22.2 Å². The van der Waals surface area contributed by atoms with Crippen molar-refractivity contribution >= 4 is 22.4 Å². The third kappa shape index (κ3) is 6.15. The second-order valence-electron chi connectivity index (χ2n) is 9.62. The van der Waals surface area contributed by atoms with Crippen LogP contribution in [-0.4, -0.2) is 50.1 Å². The Morgan fingerprint density at radius 1 is 0.925 bits per heavy atom. The van der Waals surface area contributed by atoms with E-state index < -0.39 is 23.6 Å². The number of hydrogen-bond donors (Lipinski definition) is 1. The number of nitrogens with zero attached hydrogens (tertiary/aromatic N) is 5. The normalized spacial score (nSPS) is 18.7. The molecule has 3 aromatic heterocycles. The summed E-state index contributed by atoms with van der Waals surface area (Å²) < 4.78 is 85.7. The first-order valence-corrected chi connectivity index (χ1v) is 12.4. The van der Waals surface area contributed by atoms with Crippen LogP contribution in [0.3, 0.4) is 0 Å². The molecule has 7 nitrogen and oxygen atoms in total. The Bertz CT molecular complexity index is 1500. The van der Waals surface area contributed by atoms with Gasteiger partial charge in [0.05, 0.1) is 47.4 Å². The van der Waals surface area contributed by atoms with E-state index in [1.165, 1.54) is 30.5 Å². The number of aromatic nitrogens is 4. The van der Waals surface area contributed by atoms with Gasteiger partial charge in [-0.1, -0.05) is 6.07 Å². The maximum absolute atomic E-state index is 13.7. The zero-order chi connectivity index (χ0) is 28.7. The van der Waals surface area contributed by atoms with Gasteiger partial charge >= 0.3 is 12.4 Å². The fourth-order valence-corrected chi connectivity index (χ4v) is 4.74. The highest BCUT2D eigenvalue weighted by Gasteiger charge is 2.34. The smallest absolute Gasteiger partial charge is 0.373 e. The van der Waals surface area contributed by atoms with Gasteiger partial charge in [0, 0.05) is 30.2 Å². The van der Waals surface area contributed by atoms with Gasteiger partial charge in [-0.15, -0.1) is 0 Å². The van der Waals surface area contributed by atoms with Crippen molar-refractivity contribution in [1.82, 2.24) is 24.8 Å². The lowest BCUT2D eigenvalue weighted by atomic mass is 10.0. The summed E-state index contributed by atoms with van der Waals surface area (Å²) >= 11 is 0. The molecule has 4 heterocycles. The number of rotatable bonds is 5. The molecule has 0 amide bonds. The van der Waals surface area contributed by atoms with Crippen LogP contribution in [0.15, 0.2) is 54.9 Å². The third-order valence-electron chi connectivity index (χ3n) is 6.31. The fraction of sp³-hybridized carbons (Fsp3) is 0.333. The van der Waals surface area contributed by atoms with Gasteiger partial charge in [-0.2, -0.15) is 26.3 Å². The summed E-state index contributed by atoms with van der Waals surface area (Å²) in [6, 6.07) is 8.79. The molecule has 0 radical (unpaired) electrons. The number of nitrogens with one attached hydrogen (secondary N) is 1. The number of benzene rings is 1. The minimum atomic E-state index is -4.61. The van der Waals surface area contributed by atoms with Crippen LogP contribution in [0, 0.1) is 0 Å². The number of alkyl halides is 6. The van der Waals surface area contributed by atoms with Crippen LogP contribution < -0.4 is 5.32 Å². The van der Waals surface area contributed by atoms with Crippen molar-refractivity contribution in [3.8, 4) is 11.3 Å². The Morgan fingerprint density at radius 2 is 1.68 bits per heavy atom. The molecule has 40 heavy (non-hydrogen) atoms. The molecular formula is C27H24F6N6O. The first-order chi connectivity index (χ1) is 18.9. The molecule has 0 saturated carbocycles.